The van der Waals surface area contributed by atoms with Crippen molar-refractivity contribution in [2.24, 2.45) is 0 Å². The Kier molecular flexibility index (Phi) is 35.0. The van der Waals surface area contributed by atoms with Gasteiger partial charge in [-0.2, -0.15) is 0 Å². The average molecular weight is 801 g/mol. The number of phosphoric acid groups is 1. The molecule has 0 aliphatic carbocycles. The molecular formula is C46H75NO8P+. The first kappa shape index (κ1) is 52.7. The summed E-state index contributed by atoms with van der Waals surface area (Å²) in [6.45, 7) is 4.03. The molecule has 0 heterocycles. The Morgan fingerprint density at radius 2 is 0.964 bits per heavy atom. The fourth-order valence-corrected chi connectivity index (χ4v) is 5.37. The third kappa shape index (κ3) is 40.3. The number of hydrogen-bond donors (Lipinski definition) is 1. The van der Waals surface area contributed by atoms with Crippen molar-refractivity contribution in [3.8, 4) is 0 Å². The number of nitrogens with zero attached hydrogens (tertiary/aromatic N) is 1. The molecule has 0 aliphatic rings. The maximum absolute atomic E-state index is 12.6. The van der Waals surface area contributed by atoms with Gasteiger partial charge in [0.15, 0.2) is 6.10 Å². The third-order valence-corrected chi connectivity index (χ3v) is 8.78. The van der Waals surface area contributed by atoms with Crippen molar-refractivity contribution >= 4 is 19.8 Å². The normalized spacial score (nSPS) is 14.8. The molecule has 0 saturated carbocycles. The first-order valence-corrected chi connectivity index (χ1v) is 22.1. The van der Waals surface area contributed by atoms with Crippen molar-refractivity contribution in [1.82, 2.24) is 0 Å². The van der Waals surface area contributed by atoms with E-state index in [1.807, 2.05) is 27.2 Å². The highest BCUT2D eigenvalue weighted by atomic mass is 31.2. The van der Waals surface area contributed by atoms with Gasteiger partial charge >= 0.3 is 19.8 Å². The maximum atomic E-state index is 12.6. The third-order valence-electron chi connectivity index (χ3n) is 7.80. The number of likely N-dealkylation sites (N-methyl/N-ethyl adjacent to an activating group) is 1. The SMILES string of the molecule is CC/C=C/C/C=C/C/C=C/C/C=C/C/C=C/CCCC(=O)O[C@H](COC(=O)CCCC/C=C/C/C=C/C/C=C/C/C=C/CC)COP(=O)(O)OCC[N+](C)(C)C. The van der Waals surface area contributed by atoms with Crippen LogP contribution in [0, 0.1) is 0 Å². The van der Waals surface area contributed by atoms with E-state index in [9.17, 15) is 19.0 Å². The van der Waals surface area contributed by atoms with Crippen LogP contribution in [0.1, 0.15) is 117 Å². The van der Waals surface area contributed by atoms with E-state index < -0.39 is 32.5 Å². The minimum atomic E-state index is -4.41. The first-order valence-electron chi connectivity index (χ1n) is 20.6. The molecule has 2 atom stereocenters. The van der Waals surface area contributed by atoms with Crippen LogP contribution in [-0.2, 0) is 32.7 Å². The van der Waals surface area contributed by atoms with Gasteiger partial charge in [0.25, 0.3) is 0 Å². The lowest BCUT2D eigenvalue weighted by Crippen LogP contribution is -2.37. The van der Waals surface area contributed by atoms with E-state index in [0.717, 1.165) is 70.6 Å². The molecule has 0 aliphatic heterocycles. The monoisotopic (exact) mass is 801 g/mol. The Hall–Kier alpha value is -3.33. The lowest BCUT2D eigenvalue weighted by atomic mass is 10.2. The summed E-state index contributed by atoms with van der Waals surface area (Å²) in [6.07, 6.45) is 50.1. The number of ether oxygens (including phenoxy) is 2. The average Bonchev–Trinajstić information content (AvgIpc) is 3.15. The topological polar surface area (TPSA) is 108 Å². The molecule has 0 amide bonds. The molecule has 0 spiro atoms. The van der Waals surface area contributed by atoms with E-state index in [0.29, 0.717) is 30.3 Å². The highest BCUT2D eigenvalue weighted by Crippen LogP contribution is 2.43. The fourth-order valence-electron chi connectivity index (χ4n) is 4.63. The molecule has 1 unspecified atom stereocenters. The molecule has 9 nitrogen and oxygen atoms in total. The standard InChI is InChI=1S/C46H74NO8P/c1-6-8-10-12-14-16-18-20-22-23-25-27-29-31-33-35-37-39-46(49)55-44(43-54-56(50,51)53-41-40-47(3,4)5)42-52-45(48)38-36-34-32-30-28-26-24-21-19-17-15-13-11-9-7-2/h8-11,14-17,20-22,24-25,27-28,30-31,33,44H,6-7,12-13,18-19,23,26,29,32,34-43H2,1-5H3/p+1/b10-8+,11-9+,16-14+,17-15+,22-20+,24-21+,27-25+,30-28+,33-31+/t44-/m1/s1. The van der Waals surface area contributed by atoms with Crippen molar-refractivity contribution in [2.45, 2.75) is 123 Å². The minimum absolute atomic E-state index is 0.00737. The second-order valence-electron chi connectivity index (χ2n) is 14.3. The number of unbranched alkanes of at least 4 members (excludes halogenated alkanes) is 3. The van der Waals surface area contributed by atoms with Gasteiger partial charge in [-0.1, -0.05) is 123 Å². The molecule has 56 heavy (non-hydrogen) atoms. The number of phosphoric ester groups is 1. The predicted octanol–water partition coefficient (Wildman–Crippen LogP) is 11.6. The Labute approximate surface area is 340 Å². The number of esters is 2. The van der Waals surface area contributed by atoms with Gasteiger partial charge in [-0.3, -0.25) is 18.6 Å². The molecule has 0 radical (unpaired) electrons. The largest absolute Gasteiger partial charge is 0.472 e. The summed E-state index contributed by atoms with van der Waals surface area (Å²) in [4.78, 5) is 35.3. The number of carbonyl (C=O) groups excluding carboxylic acids is 2. The summed E-state index contributed by atoms with van der Waals surface area (Å²) in [6, 6.07) is 0. The predicted molar refractivity (Wildman–Crippen MR) is 233 cm³/mol. The van der Waals surface area contributed by atoms with Crippen LogP contribution in [0.5, 0.6) is 0 Å². The van der Waals surface area contributed by atoms with Gasteiger partial charge in [0.1, 0.15) is 19.8 Å². The Balaban J connectivity index is 4.60. The van der Waals surface area contributed by atoms with E-state index in [4.69, 9.17) is 18.5 Å². The van der Waals surface area contributed by atoms with Crippen molar-refractivity contribution in [1.29, 1.82) is 0 Å². The van der Waals surface area contributed by atoms with Gasteiger partial charge in [0.05, 0.1) is 27.7 Å². The van der Waals surface area contributed by atoms with Crippen molar-refractivity contribution in [2.75, 3.05) is 47.5 Å². The second kappa shape index (κ2) is 37.3. The van der Waals surface area contributed by atoms with E-state index in [1.54, 1.807) is 0 Å². The number of quaternary nitrogens is 1. The van der Waals surface area contributed by atoms with E-state index in [2.05, 4.69) is 117 Å². The molecule has 0 aromatic heterocycles. The lowest BCUT2D eigenvalue weighted by molar-refractivity contribution is -0.870. The lowest BCUT2D eigenvalue weighted by Gasteiger charge is -2.24. The fraction of sp³-hybridized carbons (Fsp3) is 0.565. The number of hydrogen-bond acceptors (Lipinski definition) is 7. The number of allylic oxidation sites excluding steroid dienone is 18. The van der Waals surface area contributed by atoms with Crippen LogP contribution >= 0.6 is 7.82 Å². The van der Waals surface area contributed by atoms with Gasteiger partial charge in [-0.15, -0.1) is 0 Å². The molecule has 0 bridgehead atoms. The number of rotatable bonds is 35. The summed E-state index contributed by atoms with van der Waals surface area (Å²) in [7, 11) is 1.39. The molecule has 0 saturated heterocycles. The summed E-state index contributed by atoms with van der Waals surface area (Å²) in [5.74, 6) is -0.931. The molecule has 0 aromatic rings. The first-order chi connectivity index (χ1) is 27.0. The van der Waals surface area contributed by atoms with Crippen LogP contribution in [0.4, 0.5) is 0 Å². The van der Waals surface area contributed by atoms with Crippen LogP contribution < -0.4 is 0 Å². The molecule has 0 fully saturated rings. The van der Waals surface area contributed by atoms with Gasteiger partial charge in [0.2, 0.25) is 0 Å². The van der Waals surface area contributed by atoms with E-state index in [1.165, 1.54) is 0 Å². The van der Waals surface area contributed by atoms with E-state index >= 15 is 0 Å². The maximum Gasteiger partial charge on any atom is 0.472 e. The van der Waals surface area contributed by atoms with Gasteiger partial charge < -0.3 is 18.9 Å². The van der Waals surface area contributed by atoms with Crippen molar-refractivity contribution in [3.63, 3.8) is 0 Å². The highest BCUT2D eigenvalue weighted by Gasteiger charge is 2.27. The molecule has 10 heteroatoms. The minimum Gasteiger partial charge on any atom is -0.462 e. The molecule has 1 N–H and O–H groups in total. The van der Waals surface area contributed by atoms with Gasteiger partial charge in [0, 0.05) is 12.8 Å². The molecular weight excluding hydrogens is 725 g/mol. The van der Waals surface area contributed by atoms with Gasteiger partial charge in [-0.25, -0.2) is 4.57 Å². The van der Waals surface area contributed by atoms with E-state index in [-0.39, 0.29) is 26.1 Å². The summed E-state index contributed by atoms with van der Waals surface area (Å²) < 4.78 is 34.1. The van der Waals surface area contributed by atoms with Crippen molar-refractivity contribution < 1.29 is 42.1 Å². The Morgan fingerprint density at radius 1 is 0.554 bits per heavy atom. The van der Waals surface area contributed by atoms with Gasteiger partial charge in [-0.05, 0) is 89.9 Å². The molecule has 0 aromatic carbocycles. The zero-order valence-electron chi connectivity index (χ0n) is 35.3. The molecule has 0 rings (SSSR count). The van der Waals surface area contributed by atoms with Crippen LogP contribution in [-0.4, -0.2) is 74.9 Å². The highest BCUT2D eigenvalue weighted by molar-refractivity contribution is 7.47. The Morgan fingerprint density at radius 3 is 1.41 bits per heavy atom. The van der Waals surface area contributed by atoms with Crippen LogP contribution in [0.2, 0.25) is 0 Å². The summed E-state index contributed by atoms with van der Waals surface area (Å²) in [5, 5.41) is 0. The van der Waals surface area contributed by atoms with Crippen LogP contribution in [0.3, 0.4) is 0 Å². The smallest absolute Gasteiger partial charge is 0.462 e. The summed E-state index contributed by atoms with van der Waals surface area (Å²) in [5.41, 5.74) is 0. The number of carbonyl (C=O) groups is 2. The zero-order valence-corrected chi connectivity index (χ0v) is 36.2. The Bertz CT molecular complexity index is 1320. The molecule has 316 valence electrons. The quantitative estimate of drug-likeness (QED) is 0.0222. The second-order valence-corrected chi connectivity index (χ2v) is 15.7. The zero-order chi connectivity index (χ0) is 41.4. The summed E-state index contributed by atoms with van der Waals surface area (Å²) >= 11 is 0. The van der Waals surface area contributed by atoms with Crippen LogP contribution in [0.25, 0.3) is 0 Å². The van der Waals surface area contributed by atoms with Crippen molar-refractivity contribution in [3.05, 3.63) is 109 Å². The van der Waals surface area contributed by atoms with Crippen LogP contribution in [0.15, 0.2) is 109 Å².